The molecule has 0 aliphatic heterocycles. The fourth-order valence-electron chi connectivity index (χ4n) is 4.57. The molecule has 256 valence electrons. The third-order valence-electron chi connectivity index (χ3n) is 7.81. The molecule has 0 heterocycles. The van der Waals surface area contributed by atoms with Gasteiger partial charge in [-0.2, -0.15) is 0 Å². The van der Waals surface area contributed by atoms with Crippen molar-refractivity contribution in [3.05, 3.63) is 130 Å². The molecular weight excluding hydrogens is 693 g/mol. The molecular formula is C34H38N2O8S4. The smallest absolute Gasteiger partial charge is 0.206 e. The monoisotopic (exact) mass is 730 g/mol. The van der Waals surface area contributed by atoms with Crippen molar-refractivity contribution < 1.29 is 33.7 Å². The maximum atomic E-state index is 14.0. The van der Waals surface area contributed by atoms with Crippen LogP contribution in [-0.4, -0.2) is 54.2 Å². The van der Waals surface area contributed by atoms with E-state index in [1.807, 2.05) is 0 Å². The van der Waals surface area contributed by atoms with Gasteiger partial charge in [0.25, 0.3) is 40.1 Å². The number of hydrogen-bond acceptors (Lipinski definition) is 8. The molecule has 4 aromatic rings. The molecule has 10 nitrogen and oxygen atoms in total. The molecule has 0 radical (unpaired) electrons. The molecule has 0 spiro atoms. The molecule has 0 bridgehead atoms. The summed E-state index contributed by atoms with van der Waals surface area (Å²) in [6, 6.07) is 22.8. The molecule has 14 heteroatoms. The molecule has 4 rings (SSSR count). The predicted molar refractivity (Wildman–Crippen MR) is 185 cm³/mol. The lowest BCUT2D eigenvalue weighted by Crippen LogP contribution is -2.40. The Hall–Kier alpha value is -3.66. The van der Waals surface area contributed by atoms with Gasteiger partial charge in [-0.3, -0.25) is 0 Å². The third kappa shape index (κ3) is 7.80. The van der Waals surface area contributed by atoms with Crippen molar-refractivity contribution in [3.8, 4) is 0 Å². The van der Waals surface area contributed by atoms with Gasteiger partial charge in [0.1, 0.15) is 0 Å². The molecule has 4 aromatic carbocycles. The molecule has 0 aliphatic carbocycles. The minimum absolute atomic E-state index is 0.129. The van der Waals surface area contributed by atoms with Crippen LogP contribution in [0.2, 0.25) is 0 Å². The molecule has 48 heavy (non-hydrogen) atoms. The Morgan fingerprint density at radius 2 is 0.542 bits per heavy atom. The zero-order valence-corrected chi connectivity index (χ0v) is 30.7. The van der Waals surface area contributed by atoms with Gasteiger partial charge in [0.15, 0.2) is 0 Å². The summed E-state index contributed by atoms with van der Waals surface area (Å²) in [6.45, 7) is 8.49. The number of sulfonamides is 4. The molecule has 0 atom stereocenters. The maximum absolute atomic E-state index is 14.0. The van der Waals surface area contributed by atoms with E-state index in [4.69, 9.17) is 0 Å². The minimum atomic E-state index is -4.68. The summed E-state index contributed by atoms with van der Waals surface area (Å²) < 4.78 is 113. The quantitative estimate of drug-likeness (QED) is 0.169. The van der Waals surface area contributed by atoms with Crippen LogP contribution in [0.25, 0.3) is 0 Å². The Bertz CT molecular complexity index is 1950. The largest absolute Gasteiger partial charge is 0.256 e. The van der Waals surface area contributed by atoms with Gasteiger partial charge in [-0.1, -0.05) is 89.4 Å². The van der Waals surface area contributed by atoms with Gasteiger partial charge >= 0.3 is 0 Å². The summed E-state index contributed by atoms with van der Waals surface area (Å²) >= 11 is 0. The Kier molecular flexibility index (Phi) is 10.9. The van der Waals surface area contributed by atoms with Crippen molar-refractivity contribution >= 4 is 40.1 Å². The highest BCUT2D eigenvalue weighted by molar-refractivity contribution is 8.04. The molecule has 0 aromatic heterocycles. The van der Waals surface area contributed by atoms with E-state index in [1.165, 1.54) is 62.4 Å². The molecule has 0 fully saturated rings. The zero-order chi connectivity index (χ0) is 35.7. The normalized spacial score (nSPS) is 13.5. The average molecular weight is 731 g/mol. The predicted octanol–water partition coefficient (Wildman–Crippen LogP) is 5.72. The van der Waals surface area contributed by atoms with Gasteiger partial charge in [-0.05, 0) is 90.1 Å². The summed E-state index contributed by atoms with van der Waals surface area (Å²) in [5, 5.41) is 0. The van der Waals surface area contributed by atoms with Crippen molar-refractivity contribution in [1.82, 2.24) is 7.42 Å². The van der Waals surface area contributed by atoms with Crippen molar-refractivity contribution in [2.24, 2.45) is 0 Å². The Morgan fingerprint density at radius 3 is 0.708 bits per heavy atom. The van der Waals surface area contributed by atoms with Gasteiger partial charge in [0.05, 0.1) is 32.7 Å². The first-order valence-corrected chi connectivity index (χ1v) is 20.5. The summed E-state index contributed by atoms with van der Waals surface area (Å²) in [4.78, 5) is -1.06. The van der Waals surface area contributed by atoms with E-state index in [9.17, 15) is 33.7 Å². The molecule has 0 N–H and O–H groups in total. The van der Waals surface area contributed by atoms with E-state index in [2.05, 4.69) is 0 Å². The lowest BCUT2D eigenvalue weighted by Gasteiger charge is -2.26. The number of nitrogens with zero attached hydrogens (tertiary/aromatic N) is 2. The van der Waals surface area contributed by atoms with Gasteiger partial charge in [-0.25, -0.2) is 33.7 Å². The summed E-state index contributed by atoms with van der Waals surface area (Å²) in [7, 11) is -18.7. The molecule has 0 aliphatic rings. The van der Waals surface area contributed by atoms with Crippen molar-refractivity contribution in [1.29, 1.82) is 0 Å². The van der Waals surface area contributed by atoms with Crippen molar-refractivity contribution in [2.45, 2.75) is 61.1 Å². The Morgan fingerprint density at radius 1 is 0.375 bits per heavy atom. The number of benzene rings is 4. The first kappa shape index (κ1) is 37.2. The second kappa shape index (κ2) is 14.1. The van der Waals surface area contributed by atoms with Crippen LogP contribution < -0.4 is 0 Å². The lowest BCUT2D eigenvalue weighted by atomic mass is 10.1. The minimum Gasteiger partial charge on any atom is -0.206 e. The van der Waals surface area contributed by atoms with Crippen molar-refractivity contribution in [2.75, 3.05) is 13.1 Å². The fraction of sp³-hybridized carbons (Fsp3) is 0.235. The van der Waals surface area contributed by atoms with Crippen LogP contribution in [-0.2, 0) is 40.1 Å². The SMILES string of the molecule is C/C(CN(S(=O)(=O)c1ccc(C)cc1)S(=O)(=O)c1ccc(C)cc1)=C(/C)CN(S(=O)(=O)c1ccc(C)cc1)S(=O)(=O)c1ccc(C)cc1. The first-order valence-electron chi connectivity index (χ1n) is 14.8. The van der Waals surface area contributed by atoms with Crippen LogP contribution in [0.4, 0.5) is 0 Å². The zero-order valence-electron chi connectivity index (χ0n) is 27.4. The molecule has 0 saturated heterocycles. The maximum Gasteiger partial charge on any atom is 0.256 e. The van der Waals surface area contributed by atoms with Gasteiger partial charge in [0, 0.05) is 0 Å². The number of hydrogen-bond donors (Lipinski definition) is 0. The van der Waals surface area contributed by atoms with E-state index >= 15 is 0 Å². The highest BCUT2D eigenvalue weighted by Crippen LogP contribution is 2.30. The second-order valence-electron chi connectivity index (χ2n) is 11.7. The standard InChI is InChI=1S/C34H38N2O8S4/c1-25-7-15-31(16-8-25)45(37,38)35(46(39,40)32-17-9-26(2)10-18-32)23-29(5)30(6)24-36(47(41,42)33-19-11-27(3)12-20-33)48(43,44)34-21-13-28(4)14-22-34/h7-22H,23-24H2,1-6H3/b30-29+. The Balaban J connectivity index is 1.85. The van der Waals surface area contributed by atoms with E-state index in [0.29, 0.717) is 7.42 Å². The van der Waals surface area contributed by atoms with Gasteiger partial charge in [0.2, 0.25) is 0 Å². The average Bonchev–Trinajstić information content (AvgIpc) is 3.02. The fourth-order valence-corrected chi connectivity index (χ4v) is 12.0. The molecule has 0 amide bonds. The molecule has 0 unspecified atom stereocenters. The molecule has 0 saturated carbocycles. The van der Waals surface area contributed by atoms with E-state index in [0.717, 1.165) is 22.3 Å². The van der Waals surface area contributed by atoms with E-state index < -0.39 is 53.2 Å². The third-order valence-corrected chi connectivity index (χ3v) is 16.3. The Labute approximate surface area is 284 Å². The number of aryl methyl sites for hydroxylation is 4. The lowest BCUT2D eigenvalue weighted by molar-refractivity contribution is 0.500. The van der Waals surface area contributed by atoms with Gasteiger partial charge in [-0.15, -0.1) is 0 Å². The van der Waals surface area contributed by atoms with Crippen LogP contribution in [0.5, 0.6) is 0 Å². The highest BCUT2D eigenvalue weighted by Gasteiger charge is 2.39. The van der Waals surface area contributed by atoms with Crippen LogP contribution in [0.15, 0.2) is 128 Å². The highest BCUT2D eigenvalue weighted by atomic mass is 32.3. The van der Waals surface area contributed by atoms with E-state index in [-0.39, 0.29) is 30.7 Å². The number of rotatable bonds is 12. The summed E-state index contributed by atoms with van der Waals surface area (Å²) in [6.07, 6.45) is 0. The van der Waals surface area contributed by atoms with Crippen LogP contribution >= 0.6 is 0 Å². The second-order valence-corrected chi connectivity index (χ2v) is 19.6. The summed E-state index contributed by atoms with van der Waals surface area (Å²) in [5.74, 6) is 0. The topological polar surface area (TPSA) is 143 Å². The van der Waals surface area contributed by atoms with Crippen LogP contribution in [0.1, 0.15) is 36.1 Å². The summed E-state index contributed by atoms with van der Waals surface area (Å²) in [5.41, 5.74) is 3.31. The first-order chi connectivity index (χ1) is 22.3. The van der Waals surface area contributed by atoms with Crippen LogP contribution in [0.3, 0.4) is 0 Å². The van der Waals surface area contributed by atoms with Crippen molar-refractivity contribution in [3.63, 3.8) is 0 Å². The van der Waals surface area contributed by atoms with Gasteiger partial charge < -0.3 is 0 Å². The van der Waals surface area contributed by atoms with Crippen LogP contribution in [0, 0.1) is 27.7 Å². The van der Waals surface area contributed by atoms with E-state index in [1.54, 1.807) is 76.2 Å².